The molecule has 0 saturated carbocycles. The lowest BCUT2D eigenvalue weighted by atomic mass is 10.1. The number of likely N-dealkylation sites (N-methyl/N-ethyl adjacent to an activating group) is 1. The van der Waals surface area contributed by atoms with Crippen molar-refractivity contribution >= 4 is 5.82 Å². The van der Waals surface area contributed by atoms with Crippen LogP contribution >= 0.6 is 0 Å². The van der Waals surface area contributed by atoms with Crippen LogP contribution in [0, 0.1) is 0 Å². The van der Waals surface area contributed by atoms with Gasteiger partial charge in [0.2, 0.25) is 0 Å². The lowest BCUT2D eigenvalue weighted by Gasteiger charge is -2.24. The third-order valence-corrected chi connectivity index (χ3v) is 2.70. The Labute approximate surface area is 109 Å². The molecule has 1 rings (SSSR count). The van der Waals surface area contributed by atoms with Gasteiger partial charge in [-0.1, -0.05) is 0 Å². The zero-order valence-corrected chi connectivity index (χ0v) is 12.0. The molecule has 1 heterocycles. The summed E-state index contributed by atoms with van der Waals surface area (Å²) in [6, 6.07) is 0. The first-order valence-electron chi connectivity index (χ1n) is 6.37. The number of rotatable bonds is 5. The molecule has 1 aromatic heterocycles. The zero-order valence-electron chi connectivity index (χ0n) is 12.0. The van der Waals surface area contributed by atoms with Crippen LogP contribution in [-0.4, -0.2) is 35.2 Å². The van der Waals surface area contributed by atoms with Crippen LogP contribution in [0.5, 0.6) is 0 Å². The molecule has 0 atom stereocenters. The van der Waals surface area contributed by atoms with Crippen molar-refractivity contribution in [1.82, 2.24) is 14.9 Å². The summed E-state index contributed by atoms with van der Waals surface area (Å²) >= 11 is 0. The van der Waals surface area contributed by atoms with E-state index < -0.39 is 0 Å². The Kier molecular flexibility index (Phi) is 4.90. The highest BCUT2D eigenvalue weighted by atomic mass is 16.1. The fourth-order valence-electron chi connectivity index (χ4n) is 1.65. The van der Waals surface area contributed by atoms with E-state index in [2.05, 4.69) is 31.1 Å². The van der Waals surface area contributed by atoms with E-state index in [4.69, 9.17) is 0 Å². The molecule has 1 N–H and O–H groups in total. The topological polar surface area (TPSA) is 50.2 Å². The molecule has 0 bridgehead atoms. The SMILES string of the molecule is CCn1ccnc(N(C)CCNC(C)(C)C)c1=O. The molecule has 0 unspecified atom stereocenters. The Balaban J connectivity index is 2.67. The monoisotopic (exact) mass is 252 g/mol. The van der Waals surface area contributed by atoms with Crippen molar-refractivity contribution in [2.45, 2.75) is 39.8 Å². The molecule has 0 saturated heterocycles. The molecular formula is C13H24N4O. The van der Waals surface area contributed by atoms with Crippen LogP contribution in [0.2, 0.25) is 0 Å². The van der Waals surface area contributed by atoms with E-state index >= 15 is 0 Å². The first kappa shape index (κ1) is 14.7. The fraction of sp³-hybridized carbons (Fsp3) is 0.692. The maximum Gasteiger partial charge on any atom is 0.293 e. The Bertz CT molecular complexity index is 433. The summed E-state index contributed by atoms with van der Waals surface area (Å²) in [5.74, 6) is 0.509. The number of nitrogens with one attached hydrogen (secondary N) is 1. The normalized spacial score (nSPS) is 11.6. The van der Waals surface area contributed by atoms with E-state index in [0.717, 1.165) is 13.1 Å². The van der Waals surface area contributed by atoms with E-state index in [-0.39, 0.29) is 11.1 Å². The van der Waals surface area contributed by atoms with Gasteiger partial charge in [-0.3, -0.25) is 4.79 Å². The Morgan fingerprint density at radius 1 is 1.44 bits per heavy atom. The molecule has 5 nitrogen and oxygen atoms in total. The fourth-order valence-corrected chi connectivity index (χ4v) is 1.65. The second-order valence-corrected chi connectivity index (χ2v) is 5.44. The average Bonchev–Trinajstić information content (AvgIpc) is 2.27. The van der Waals surface area contributed by atoms with Gasteiger partial charge in [-0.2, -0.15) is 0 Å². The van der Waals surface area contributed by atoms with Crippen molar-refractivity contribution in [3.63, 3.8) is 0 Å². The predicted octanol–water partition coefficient (Wildman–Crippen LogP) is 1.09. The predicted molar refractivity (Wildman–Crippen MR) is 75.2 cm³/mol. The maximum atomic E-state index is 12.0. The third-order valence-electron chi connectivity index (χ3n) is 2.70. The Morgan fingerprint density at radius 2 is 2.11 bits per heavy atom. The van der Waals surface area contributed by atoms with E-state index in [1.807, 2.05) is 18.9 Å². The summed E-state index contributed by atoms with van der Waals surface area (Å²) in [6.07, 6.45) is 3.39. The maximum absolute atomic E-state index is 12.0. The van der Waals surface area contributed by atoms with Gasteiger partial charge in [0.25, 0.3) is 5.56 Å². The zero-order chi connectivity index (χ0) is 13.8. The van der Waals surface area contributed by atoms with E-state index in [0.29, 0.717) is 12.4 Å². The highest BCUT2D eigenvalue weighted by molar-refractivity contribution is 5.34. The van der Waals surface area contributed by atoms with E-state index in [1.165, 1.54) is 0 Å². The Morgan fingerprint density at radius 3 is 2.67 bits per heavy atom. The van der Waals surface area contributed by atoms with Crippen molar-refractivity contribution in [2.24, 2.45) is 0 Å². The van der Waals surface area contributed by atoms with Gasteiger partial charge in [0.1, 0.15) is 0 Å². The second-order valence-electron chi connectivity index (χ2n) is 5.44. The van der Waals surface area contributed by atoms with E-state index in [1.54, 1.807) is 17.0 Å². The lowest BCUT2D eigenvalue weighted by Crippen LogP contribution is -2.42. The highest BCUT2D eigenvalue weighted by Crippen LogP contribution is 2.01. The highest BCUT2D eigenvalue weighted by Gasteiger charge is 2.11. The molecule has 0 fully saturated rings. The van der Waals surface area contributed by atoms with Crippen LogP contribution in [0.3, 0.4) is 0 Å². The first-order valence-corrected chi connectivity index (χ1v) is 6.37. The summed E-state index contributed by atoms with van der Waals surface area (Å²) in [6.45, 7) is 10.6. The van der Waals surface area contributed by atoms with Gasteiger partial charge < -0.3 is 14.8 Å². The van der Waals surface area contributed by atoms with Crippen LogP contribution in [-0.2, 0) is 6.54 Å². The molecule has 0 aliphatic rings. The van der Waals surface area contributed by atoms with Crippen LogP contribution in [0.25, 0.3) is 0 Å². The Hall–Kier alpha value is -1.36. The second kappa shape index (κ2) is 6.00. The molecule has 0 aliphatic heterocycles. The molecule has 102 valence electrons. The average molecular weight is 252 g/mol. The summed E-state index contributed by atoms with van der Waals surface area (Å²) < 4.78 is 1.66. The number of hydrogen-bond donors (Lipinski definition) is 1. The van der Waals surface area contributed by atoms with Crippen LogP contribution in [0.4, 0.5) is 5.82 Å². The first-order chi connectivity index (χ1) is 8.35. The number of aromatic nitrogens is 2. The van der Waals surface area contributed by atoms with Crippen molar-refractivity contribution in [1.29, 1.82) is 0 Å². The molecule has 5 heteroatoms. The molecule has 0 spiro atoms. The molecule has 0 amide bonds. The van der Waals surface area contributed by atoms with Crippen molar-refractivity contribution in [2.75, 3.05) is 25.0 Å². The van der Waals surface area contributed by atoms with Gasteiger partial charge in [-0.25, -0.2) is 4.98 Å². The van der Waals surface area contributed by atoms with Crippen molar-refractivity contribution in [3.05, 3.63) is 22.7 Å². The lowest BCUT2D eigenvalue weighted by molar-refractivity contribution is 0.430. The van der Waals surface area contributed by atoms with Crippen LogP contribution < -0.4 is 15.8 Å². The van der Waals surface area contributed by atoms with Crippen LogP contribution in [0.1, 0.15) is 27.7 Å². The van der Waals surface area contributed by atoms with Gasteiger partial charge >= 0.3 is 0 Å². The summed E-state index contributed by atoms with van der Waals surface area (Å²) in [5, 5.41) is 3.39. The number of anilines is 1. The molecule has 0 aliphatic carbocycles. The van der Waals surface area contributed by atoms with Crippen LogP contribution in [0.15, 0.2) is 17.2 Å². The van der Waals surface area contributed by atoms with Gasteiger partial charge in [0.15, 0.2) is 5.82 Å². The standard InChI is InChI=1S/C13H24N4O/c1-6-17-10-7-14-11(12(17)18)16(5)9-8-15-13(2,3)4/h7,10,15H,6,8-9H2,1-5H3. The summed E-state index contributed by atoms with van der Waals surface area (Å²) in [4.78, 5) is 18.1. The quantitative estimate of drug-likeness (QED) is 0.852. The molecule has 0 aromatic carbocycles. The summed E-state index contributed by atoms with van der Waals surface area (Å²) in [7, 11) is 1.90. The minimum atomic E-state index is -0.0294. The van der Waals surface area contributed by atoms with Gasteiger partial charge in [0.05, 0.1) is 0 Å². The molecular weight excluding hydrogens is 228 g/mol. The molecule has 0 radical (unpaired) electrons. The third kappa shape index (κ3) is 4.14. The van der Waals surface area contributed by atoms with Crippen molar-refractivity contribution in [3.8, 4) is 0 Å². The molecule has 1 aromatic rings. The van der Waals surface area contributed by atoms with Gasteiger partial charge in [0, 0.05) is 44.6 Å². The number of hydrogen-bond acceptors (Lipinski definition) is 4. The van der Waals surface area contributed by atoms with Gasteiger partial charge in [-0.05, 0) is 27.7 Å². The smallest absolute Gasteiger partial charge is 0.293 e. The number of nitrogens with zero attached hydrogens (tertiary/aromatic N) is 3. The van der Waals surface area contributed by atoms with Gasteiger partial charge in [-0.15, -0.1) is 0 Å². The van der Waals surface area contributed by atoms with E-state index in [9.17, 15) is 4.79 Å². The minimum absolute atomic E-state index is 0.0294. The summed E-state index contributed by atoms with van der Waals surface area (Å²) in [5.41, 5.74) is 0.0625. The van der Waals surface area contributed by atoms with Crippen molar-refractivity contribution < 1.29 is 0 Å². The largest absolute Gasteiger partial charge is 0.354 e. The minimum Gasteiger partial charge on any atom is -0.354 e. The number of aryl methyl sites for hydroxylation is 1. The molecule has 18 heavy (non-hydrogen) atoms.